The second-order valence-electron chi connectivity index (χ2n) is 17.6. The zero-order chi connectivity index (χ0) is 41.0. The van der Waals surface area contributed by atoms with Crippen LogP contribution in [0.1, 0.15) is 278 Å². The fourth-order valence-electron chi connectivity index (χ4n) is 7.51. The van der Waals surface area contributed by atoms with Crippen LogP contribution in [0.4, 0.5) is 0 Å². The Morgan fingerprint density at radius 3 is 0.875 bits per heavy atom. The summed E-state index contributed by atoms with van der Waals surface area (Å²) in [5.74, 6) is -0.00986. The van der Waals surface area contributed by atoms with Gasteiger partial charge in [0.1, 0.15) is 13.2 Å². The van der Waals surface area contributed by atoms with E-state index in [9.17, 15) is 14.4 Å². The summed E-state index contributed by atoms with van der Waals surface area (Å²) in [6.45, 7) is 9.00. The van der Waals surface area contributed by atoms with Gasteiger partial charge in [-0.1, -0.05) is 240 Å². The van der Waals surface area contributed by atoms with Crippen LogP contribution in [0.3, 0.4) is 0 Å². The molecular weight excluding hydrogens is 697 g/mol. The van der Waals surface area contributed by atoms with Crippen molar-refractivity contribution >= 4 is 17.9 Å². The van der Waals surface area contributed by atoms with E-state index in [0.29, 0.717) is 19.3 Å². The molecule has 0 aromatic rings. The number of esters is 3. The molecule has 0 unspecified atom stereocenters. The quantitative estimate of drug-likeness (QED) is 0.0347. The molecule has 1 atom stereocenters. The molecule has 0 heterocycles. The topological polar surface area (TPSA) is 78.9 Å². The van der Waals surface area contributed by atoms with Crippen molar-refractivity contribution in [3.8, 4) is 0 Å². The summed E-state index contributed by atoms with van der Waals surface area (Å²) >= 11 is 0. The van der Waals surface area contributed by atoms with E-state index in [2.05, 4.69) is 27.7 Å². The van der Waals surface area contributed by atoms with E-state index in [1.54, 1.807) is 0 Å². The SMILES string of the molecule is CCCCCCCCCCCCCCCC(=O)OC[C@@H](COC(=O)CCCCCCCCCCCCCCCC(C)C)OC(=O)CCCCCCCCCCC. The second kappa shape index (κ2) is 44.5. The molecular formula is C50H96O6. The molecule has 0 aliphatic rings. The molecule has 6 nitrogen and oxygen atoms in total. The second-order valence-corrected chi connectivity index (χ2v) is 17.6. The monoisotopic (exact) mass is 793 g/mol. The van der Waals surface area contributed by atoms with Gasteiger partial charge in [0.15, 0.2) is 6.10 Å². The van der Waals surface area contributed by atoms with Crippen molar-refractivity contribution in [2.75, 3.05) is 13.2 Å². The van der Waals surface area contributed by atoms with Crippen LogP contribution in [0.25, 0.3) is 0 Å². The van der Waals surface area contributed by atoms with Crippen LogP contribution in [-0.2, 0) is 28.6 Å². The van der Waals surface area contributed by atoms with E-state index < -0.39 is 6.10 Å². The van der Waals surface area contributed by atoms with Crippen molar-refractivity contribution in [2.24, 2.45) is 5.92 Å². The fourth-order valence-corrected chi connectivity index (χ4v) is 7.51. The maximum Gasteiger partial charge on any atom is 0.306 e. The molecule has 0 bridgehead atoms. The average Bonchev–Trinajstić information content (AvgIpc) is 3.18. The van der Waals surface area contributed by atoms with E-state index >= 15 is 0 Å². The Morgan fingerprint density at radius 1 is 0.339 bits per heavy atom. The van der Waals surface area contributed by atoms with Gasteiger partial charge in [-0.2, -0.15) is 0 Å². The highest BCUT2D eigenvalue weighted by Crippen LogP contribution is 2.17. The zero-order valence-corrected chi connectivity index (χ0v) is 38.1. The molecule has 6 heteroatoms. The van der Waals surface area contributed by atoms with Gasteiger partial charge in [0.25, 0.3) is 0 Å². The number of hydrogen-bond acceptors (Lipinski definition) is 6. The van der Waals surface area contributed by atoms with Gasteiger partial charge in [-0.15, -0.1) is 0 Å². The number of carbonyl (C=O) groups is 3. The molecule has 0 aliphatic carbocycles. The molecule has 0 spiro atoms. The van der Waals surface area contributed by atoms with E-state index in [1.165, 1.54) is 173 Å². The Kier molecular flexibility index (Phi) is 43.2. The Labute approximate surface area is 348 Å². The van der Waals surface area contributed by atoms with Crippen LogP contribution in [-0.4, -0.2) is 37.2 Å². The summed E-state index contributed by atoms with van der Waals surface area (Å²) < 4.78 is 16.7. The molecule has 0 saturated carbocycles. The van der Waals surface area contributed by atoms with Crippen molar-refractivity contribution in [2.45, 2.75) is 284 Å². The van der Waals surface area contributed by atoms with Gasteiger partial charge in [-0.3, -0.25) is 14.4 Å². The van der Waals surface area contributed by atoms with Gasteiger partial charge in [0.2, 0.25) is 0 Å². The molecule has 0 N–H and O–H groups in total. The molecule has 0 rings (SSSR count). The summed E-state index contributed by atoms with van der Waals surface area (Å²) in [7, 11) is 0. The zero-order valence-electron chi connectivity index (χ0n) is 38.1. The van der Waals surface area contributed by atoms with E-state index in [-0.39, 0.29) is 31.1 Å². The summed E-state index contributed by atoms with van der Waals surface area (Å²) in [5.41, 5.74) is 0. The van der Waals surface area contributed by atoms with Crippen LogP contribution >= 0.6 is 0 Å². The van der Waals surface area contributed by atoms with E-state index in [4.69, 9.17) is 14.2 Å². The Balaban J connectivity index is 4.25. The first kappa shape index (κ1) is 54.4. The molecule has 0 aromatic carbocycles. The fraction of sp³-hybridized carbons (Fsp3) is 0.940. The van der Waals surface area contributed by atoms with Gasteiger partial charge in [0.05, 0.1) is 0 Å². The minimum atomic E-state index is -0.759. The van der Waals surface area contributed by atoms with Crippen molar-refractivity contribution in [3.05, 3.63) is 0 Å². The Hall–Kier alpha value is -1.59. The lowest BCUT2D eigenvalue weighted by Gasteiger charge is -2.18. The van der Waals surface area contributed by atoms with Gasteiger partial charge in [0, 0.05) is 19.3 Å². The largest absolute Gasteiger partial charge is 0.462 e. The predicted octanol–water partition coefficient (Wildman–Crippen LogP) is 15.9. The molecule has 332 valence electrons. The molecule has 0 aliphatic heterocycles. The van der Waals surface area contributed by atoms with Gasteiger partial charge in [-0.05, 0) is 25.2 Å². The van der Waals surface area contributed by atoms with Crippen LogP contribution in [0, 0.1) is 5.92 Å². The highest BCUT2D eigenvalue weighted by Gasteiger charge is 2.19. The molecule has 0 aromatic heterocycles. The molecule has 0 fully saturated rings. The highest BCUT2D eigenvalue weighted by molar-refractivity contribution is 5.71. The first-order valence-electron chi connectivity index (χ1n) is 24.9. The third kappa shape index (κ3) is 43.5. The lowest BCUT2D eigenvalue weighted by Crippen LogP contribution is -2.30. The van der Waals surface area contributed by atoms with E-state index in [0.717, 1.165) is 63.7 Å². The standard InChI is InChI=1S/C50H96O6/c1-5-7-9-11-13-15-16-18-22-26-29-33-37-41-48(51)54-44-47(56-50(53)43-39-35-31-24-14-12-10-8-6-2)45-55-49(52)42-38-34-30-27-23-20-17-19-21-25-28-32-36-40-46(3)4/h46-47H,5-45H2,1-4H3/t47-/m0/s1. The predicted molar refractivity (Wildman–Crippen MR) is 238 cm³/mol. The first-order chi connectivity index (χ1) is 27.4. The maximum absolute atomic E-state index is 12.7. The van der Waals surface area contributed by atoms with Crippen molar-refractivity contribution in [1.29, 1.82) is 0 Å². The lowest BCUT2D eigenvalue weighted by atomic mass is 10.0. The number of unbranched alkanes of at least 4 members (excludes halogenated alkanes) is 32. The number of ether oxygens (including phenoxy) is 3. The molecule has 0 radical (unpaired) electrons. The third-order valence-electron chi connectivity index (χ3n) is 11.3. The first-order valence-corrected chi connectivity index (χ1v) is 24.9. The molecule has 0 amide bonds. The van der Waals surface area contributed by atoms with Crippen LogP contribution in [0.2, 0.25) is 0 Å². The average molecular weight is 793 g/mol. The number of carbonyl (C=O) groups excluding carboxylic acids is 3. The summed E-state index contributed by atoms with van der Waals surface area (Å²) in [5, 5.41) is 0. The smallest absolute Gasteiger partial charge is 0.306 e. The van der Waals surface area contributed by atoms with Gasteiger partial charge < -0.3 is 14.2 Å². The van der Waals surface area contributed by atoms with Crippen LogP contribution < -0.4 is 0 Å². The van der Waals surface area contributed by atoms with Gasteiger partial charge in [-0.25, -0.2) is 0 Å². The summed E-state index contributed by atoms with van der Waals surface area (Å²) in [6, 6.07) is 0. The van der Waals surface area contributed by atoms with Crippen LogP contribution in [0.5, 0.6) is 0 Å². The van der Waals surface area contributed by atoms with E-state index in [1.807, 2.05) is 0 Å². The minimum Gasteiger partial charge on any atom is -0.462 e. The third-order valence-corrected chi connectivity index (χ3v) is 11.3. The Bertz CT molecular complexity index is 841. The lowest BCUT2D eigenvalue weighted by molar-refractivity contribution is -0.167. The van der Waals surface area contributed by atoms with Crippen molar-refractivity contribution < 1.29 is 28.6 Å². The van der Waals surface area contributed by atoms with Gasteiger partial charge >= 0.3 is 17.9 Å². The Morgan fingerprint density at radius 2 is 0.589 bits per heavy atom. The normalized spacial score (nSPS) is 11.9. The minimum absolute atomic E-state index is 0.0631. The maximum atomic E-state index is 12.7. The number of hydrogen-bond donors (Lipinski definition) is 0. The van der Waals surface area contributed by atoms with Crippen LogP contribution in [0.15, 0.2) is 0 Å². The highest BCUT2D eigenvalue weighted by atomic mass is 16.6. The van der Waals surface area contributed by atoms with Crippen molar-refractivity contribution in [1.82, 2.24) is 0 Å². The molecule has 56 heavy (non-hydrogen) atoms. The molecule has 0 saturated heterocycles. The summed E-state index contributed by atoms with van der Waals surface area (Å²) in [4.78, 5) is 37.8. The van der Waals surface area contributed by atoms with Crippen molar-refractivity contribution in [3.63, 3.8) is 0 Å². The summed E-state index contributed by atoms with van der Waals surface area (Å²) in [6.07, 6.45) is 45.1. The number of rotatable bonds is 45.